The van der Waals surface area contributed by atoms with Crippen LogP contribution in [0.15, 0.2) is 28.8 Å². The van der Waals surface area contributed by atoms with Crippen LogP contribution in [0.4, 0.5) is 15.8 Å². The highest BCUT2D eigenvalue weighted by Gasteiger charge is 2.12. The third-order valence-electron chi connectivity index (χ3n) is 2.40. The molecule has 1 atom stereocenters. The summed E-state index contributed by atoms with van der Waals surface area (Å²) in [5, 5.41) is 3.12. The quantitative estimate of drug-likeness (QED) is 0.803. The van der Waals surface area contributed by atoms with Gasteiger partial charge in [-0.1, -0.05) is 0 Å². The third-order valence-corrected chi connectivity index (χ3v) is 2.40. The smallest absolute Gasteiger partial charge is 0.216 e. The monoisotopic (exact) mass is 235 g/mol. The summed E-state index contributed by atoms with van der Waals surface area (Å²) < 4.78 is 18.3. The molecule has 0 aliphatic rings. The van der Waals surface area contributed by atoms with Crippen LogP contribution in [0.1, 0.15) is 24.6 Å². The van der Waals surface area contributed by atoms with Crippen molar-refractivity contribution < 1.29 is 8.81 Å². The Labute approximate surface area is 98.7 Å². The first kappa shape index (κ1) is 11.4. The zero-order valence-corrected chi connectivity index (χ0v) is 9.70. The van der Waals surface area contributed by atoms with Crippen molar-refractivity contribution in [3.05, 3.63) is 41.9 Å². The van der Waals surface area contributed by atoms with Crippen molar-refractivity contribution in [3.8, 4) is 0 Å². The van der Waals surface area contributed by atoms with Crippen LogP contribution < -0.4 is 11.1 Å². The summed E-state index contributed by atoms with van der Waals surface area (Å²) in [6.07, 6.45) is 1.65. The fourth-order valence-electron chi connectivity index (χ4n) is 1.53. The van der Waals surface area contributed by atoms with Gasteiger partial charge in [-0.05, 0) is 32.0 Å². The summed E-state index contributed by atoms with van der Waals surface area (Å²) in [7, 11) is 0. The van der Waals surface area contributed by atoms with Gasteiger partial charge in [0.25, 0.3) is 0 Å². The number of nitrogens with one attached hydrogen (secondary N) is 1. The molecule has 0 fully saturated rings. The molecule has 0 bridgehead atoms. The number of rotatable bonds is 3. The number of aryl methyl sites for hydroxylation is 1. The normalized spacial score (nSPS) is 12.4. The molecule has 1 heterocycles. The van der Waals surface area contributed by atoms with Crippen LogP contribution in [-0.4, -0.2) is 4.98 Å². The average Bonchev–Trinajstić information content (AvgIpc) is 2.69. The number of aromatic nitrogens is 1. The minimum atomic E-state index is -0.354. The van der Waals surface area contributed by atoms with Crippen LogP contribution in [0.2, 0.25) is 0 Å². The van der Waals surface area contributed by atoms with Crippen molar-refractivity contribution in [1.82, 2.24) is 4.98 Å². The zero-order valence-electron chi connectivity index (χ0n) is 9.70. The molecule has 3 N–H and O–H groups in total. The summed E-state index contributed by atoms with van der Waals surface area (Å²) >= 11 is 0. The van der Waals surface area contributed by atoms with Crippen LogP contribution in [0, 0.1) is 12.7 Å². The first-order chi connectivity index (χ1) is 8.06. The van der Waals surface area contributed by atoms with Gasteiger partial charge in [-0.15, -0.1) is 0 Å². The molecule has 90 valence electrons. The third kappa shape index (κ3) is 2.55. The van der Waals surface area contributed by atoms with E-state index in [0.29, 0.717) is 17.3 Å². The Balaban J connectivity index is 2.15. The number of nitrogens with two attached hydrogens (primary N) is 1. The lowest BCUT2D eigenvalue weighted by Crippen LogP contribution is -2.08. The van der Waals surface area contributed by atoms with E-state index in [9.17, 15) is 4.39 Å². The molecule has 0 spiro atoms. The molecule has 1 aromatic carbocycles. The van der Waals surface area contributed by atoms with Crippen LogP contribution >= 0.6 is 0 Å². The minimum absolute atomic E-state index is 0.128. The highest BCUT2D eigenvalue weighted by Crippen LogP contribution is 2.24. The van der Waals surface area contributed by atoms with Crippen LogP contribution in [0.3, 0.4) is 0 Å². The summed E-state index contributed by atoms with van der Waals surface area (Å²) in [5.41, 5.74) is 6.72. The number of halogens is 1. The van der Waals surface area contributed by atoms with Gasteiger partial charge in [0.05, 0.1) is 17.6 Å². The van der Waals surface area contributed by atoms with Crippen molar-refractivity contribution in [2.45, 2.75) is 19.9 Å². The van der Waals surface area contributed by atoms with Gasteiger partial charge in [0.2, 0.25) is 5.89 Å². The largest absolute Gasteiger partial charge is 0.444 e. The first-order valence-electron chi connectivity index (χ1n) is 5.30. The number of oxazole rings is 1. The van der Waals surface area contributed by atoms with Crippen molar-refractivity contribution in [3.63, 3.8) is 0 Å². The number of benzene rings is 1. The predicted octanol–water partition coefficient (Wildman–Crippen LogP) is 2.88. The maximum Gasteiger partial charge on any atom is 0.216 e. The fourth-order valence-corrected chi connectivity index (χ4v) is 1.53. The summed E-state index contributed by atoms with van der Waals surface area (Å²) in [6, 6.07) is 4.09. The van der Waals surface area contributed by atoms with Gasteiger partial charge in [-0.25, -0.2) is 9.37 Å². The first-order valence-corrected chi connectivity index (χ1v) is 5.30. The SMILES string of the molecule is Cc1cnc(C(C)Nc2ccc(F)cc2N)o1. The van der Waals surface area contributed by atoms with Gasteiger partial charge in [0.15, 0.2) is 0 Å². The molecule has 1 aromatic heterocycles. The van der Waals surface area contributed by atoms with E-state index >= 15 is 0 Å². The Morgan fingerprint density at radius 3 is 2.82 bits per heavy atom. The van der Waals surface area contributed by atoms with Crippen LogP contribution in [-0.2, 0) is 0 Å². The highest BCUT2D eigenvalue weighted by atomic mass is 19.1. The molecule has 2 rings (SSSR count). The topological polar surface area (TPSA) is 64.1 Å². The Morgan fingerprint density at radius 1 is 1.47 bits per heavy atom. The number of hydrogen-bond donors (Lipinski definition) is 2. The Morgan fingerprint density at radius 2 is 2.24 bits per heavy atom. The van der Waals surface area contributed by atoms with Crippen molar-refractivity contribution in [1.29, 1.82) is 0 Å². The van der Waals surface area contributed by atoms with Gasteiger partial charge < -0.3 is 15.5 Å². The maximum atomic E-state index is 12.9. The molecule has 0 aliphatic heterocycles. The average molecular weight is 235 g/mol. The Hall–Kier alpha value is -2.04. The lowest BCUT2D eigenvalue weighted by molar-refractivity contribution is 0.454. The van der Waals surface area contributed by atoms with E-state index in [4.69, 9.17) is 10.2 Å². The van der Waals surface area contributed by atoms with E-state index in [0.717, 1.165) is 5.76 Å². The van der Waals surface area contributed by atoms with Crippen molar-refractivity contribution >= 4 is 11.4 Å². The molecule has 0 saturated heterocycles. The molecule has 0 amide bonds. The number of nitrogens with zero attached hydrogens (tertiary/aromatic N) is 1. The minimum Gasteiger partial charge on any atom is -0.444 e. The number of hydrogen-bond acceptors (Lipinski definition) is 4. The molecule has 4 nitrogen and oxygen atoms in total. The second kappa shape index (κ2) is 4.45. The van der Waals surface area contributed by atoms with E-state index in [2.05, 4.69) is 10.3 Å². The van der Waals surface area contributed by atoms with Crippen molar-refractivity contribution in [2.75, 3.05) is 11.1 Å². The lowest BCUT2D eigenvalue weighted by atomic mass is 10.2. The molecule has 17 heavy (non-hydrogen) atoms. The van der Waals surface area contributed by atoms with E-state index in [1.165, 1.54) is 12.1 Å². The van der Waals surface area contributed by atoms with Gasteiger partial charge in [0.1, 0.15) is 17.6 Å². The van der Waals surface area contributed by atoms with Crippen LogP contribution in [0.25, 0.3) is 0 Å². The van der Waals surface area contributed by atoms with Gasteiger partial charge >= 0.3 is 0 Å². The molecular weight excluding hydrogens is 221 g/mol. The van der Waals surface area contributed by atoms with Gasteiger partial charge in [-0.3, -0.25) is 0 Å². The predicted molar refractivity (Wildman–Crippen MR) is 64.1 cm³/mol. The second-order valence-electron chi connectivity index (χ2n) is 3.91. The maximum absolute atomic E-state index is 12.9. The molecule has 1 unspecified atom stereocenters. The van der Waals surface area contributed by atoms with Gasteiger partial charge in [0, 0.05) is 0 Å². The molecule has 2 aromatic rings. The standard InChI is InChI=1S/C12H14FN3O/c1-7-6-15-12(17-7)8(2)16-11-4-3-9(13)5-10(11)14/h3-6,8,16H,14H2,1-2H3. The number of anilines is 2. The molecular formula is C12H14FN3O. The van der Waals surface area contributed by atoms with E-state index in [1.807, 2.05) is 13.8 Å². The van der Waals surface area contributed by atoms with E-state index in [1.54, 1.807) is 12.3 Å². The van der Waals surface area contributed by atoms with Crippen LogP contribution in [0.5, 0.6) is 0 Å². The zero-order chi connectivity index (χ0) is 12.4. The summed E-state index contributed by atoms with van der Waals surface area (Å²) in [5.74, 6) is 0.972. The molecule has 0 radical (unpaired) electrons. The number of nitrogen functional groups attached to an aromatic ring is 1. The van der Waals surface area contributed by atoms with E-state index in [-0.39, 0.29) is 11.9 Å². The molecule has 5 heteroatoms. The van der Waals surface area contributed by atoms with Gasteiger partial charge in [-0.2, -0.15) is 0 Å². The van der Waals surface area contributed by atoms with Crippen molar-refractivity contribution in [2.24, 2.45) is 0 Å². The van der Waals surface area contributed by atoms with E-state index < -0.39 is 0 Å². The summed E-state index contributed by atoms with van der Waals surface area (Å²) in [4.78, 5) is 4.12. The lowest BCUT2D eigenvalue weighted by Gasteiger charge is -2.13. The molecule has 0 aliphatic carbocycles. The Kier molecular flexibility index (Phi) is 2.99. The fraction of sp³-hybridized carbons (Fsp3) is 0.250. The Bertz CT molecular complexity index is 524. The second-order valence-corrected chi connectivity index (χ2v) is 3.91. The highest BCUT2D eigenvalue weighted by molar-refractivity contribution is 5.66. The molecule has 0 saturated carbocycles. The summed E-state index contributed by atoms with van der Waals surface area (Å²) in [6.45, 7) is 3.73.